The van der Waals surface area contributed by atoms with Crippen molar-refractivity contribution < 1.29 is 24.5 Å². The molecule has 1 atom stereocenters. The number of carbonyl (C=O) groups excluding carboxylic acids is 1. The van der Waals surface area contributed by atoms with E-state index in [-0.39, 0.29) is 12.5 Å². The molecule has 1 aromatic rings. The molecule has 0 aliphatic heterocycles. The topological polar surface area (TPSA) is 95.9 Å². The lowest BCUT2D eigenvalue weighted by molar-refractivity contribution is -0.156. The predicted octanol–water partition coefficient (Wildman–Crippen LogP) is 1.07. The number of hydrogen-bond acceptors (Lipinski definition) is 4. The Balaban J connectivity index is 2.12. The molecule has 1 fully saturated rings. The Hall–Kier alpha value is -2.08. The van der Waals surface area contributed by atoms with E-state index < -0.39 is 17.0 Å². The van der Waals surface area contributed by atoms with Crippen molar-refractivity contribution in [3.8, 4) is 5.75 Å². The van der Waals surface area contributed by atoms with E-state index in [1.165, 1.54) is 0 Å². The summed E-state index contributed by atoms with van der Waals surface area (Å²) in [5, 5.41) is 21.2. The van der Waals surface area contributed by atoms with Crippen molar-refractivity contribution in [2.24, 2.45) is 0 Å². The Bertz CT molecular complexity index is 560. The smallest absolute Gasteiger partial charge is 0.337 e. The van der Waals surface area contributed by atoms with Crippen LogP contribution in [-0.4, -0.2) is 41.3 Å². The number of carboxylic acid groups (broad SMARTS) is 1. The average Bonchev–Trinajstić information content (AvgIpc) is 2.44. The van der Waals surface area contributed by atoms with Gasteiger partial charge in [0.1, 0.15) is 5.75 Å². The fraction of sp³-hybridized carbons (Fsp3) is 0.500. The molecule has 1 saturated carbocycles. The molecule has 0 bridgehead atoms. The zero-order chi connectivity index (χ0) is 16.4. The number of ether oxygens (including phenoxy) is 1. The second-order valence-corrected chi connectivity index (χ2v) is 5.93. The van der Waals surface area contributed by atoms with Crippen LogP contribution < -0.4 is 10.1 Å². The Morgan fingerprint density at radius 1 is 1.32 bits per heavy atom. The third kappa shape index (κ3) is 2.92. The predicted molar refractivity (Wildman–Crippen MR) is 79.8 cm³/mol. The third-order valence-electron chi connectivity index (χ3n) is 4.34. The first-order valence-corrected chi connectivity index (χ1v) is 7.20. The molecule has 22 heavy (non-hydrogen) atoms. The Labute approximate surface area is 129 Å². The highest BCUT2D eigenvalue weighted by atomic mass is 16.5. The molecular formula is C16H21NO5. The van der Waals surface area contributed by atoms with Crippen LogP contribution in [0.4, 0.5) is 0 Å². The fourth-order valence-corrected chi connectivity index (χ4v) is 2.58. The maximum atomic E-state index is 12.5. The maximum absolute atomic E-state index is 12.5. The molecule has 1 aromatic carbocycles. The molecule has 1 aliphatic carbocycles. The van der Waals surface area contributed by atoms with Gasteiger partial charge in [-0.25, -0.2) is 4.79 Å². The van der Waals surface area contributed by atoms with Crippen LogP contribution in [0, 0.1) is 0 Å². The molecule has 0 heterocycles. The van der Waals surface area contributed by atoms with Gasteiger partial charge in [0.25, 0.3) is 0 Å². The molecule has 6 nitrogen and oxygen atoms in total. The van der Waals surface area contributed by atoms with E-state index in [4.69, 9.17) is 9.84 Å². The molecule has 0 radical (unpaired) electrons. The first kappa shape index (κ1) is 16.3. The summed E-state index contributed by atoms with van der Waals surface area (Å²) in [6.07, 6.45) is 2.36. The summed E-state index contributed by atoms with van der Waals surface area (Å²) < 4.78 is 5.11. The van der Waals surface area contributed by atoms with Gasteiger partial charge in [-0.15, -0.1) is 0 Å². The van der Waals surface area contributed by atoms with Crippen LogP contribution in [0.2, 0.25) is 0 Å². The van der Waals surface area contributed by atoms with E-state index >= 15 is 0 Å². The highest BCUT2D eigenvalue weighted by Crippen LogP contribution is 2.44. The number of carboxylic acids is 1. The lowest BCUT2D eigenvalue weighted by Gasteiger charge is -2.41. The number of benzene rings is 1. The van der Waals surface area contributed by atoms with Crippen molar-refractivity contribution in [3.63, 3.8) is 0 Å². The number of carbonyl (C=O) groups is 2. The lowest BCUT2D eigenvalue weighted by Crippen LogP contribution is -2.54. The lowest BCUT2D eigenvalue weighted by atomic mass is 9.63. The van der Waals surface area contributed by atoms with Crippen molar-refractivity contribution in [3.05, 3.63) is 29.8 Å². The number of nitrogens with one attached hydrogen (secondary N) is 1. The minimum Gasteiger partial charge on any atom is -0.497 e. The largest absolute Gasteiger partial charge is 0.497 e. The molecule has 1 aliphatic rings. The van der Waals surface area contributed by atoms with Crippen LogP contribution >= 0.6 is 0 Å². The Morgan fingerprint density at radius 2 is 1.91 bits per heavy atom. The number of methoxy groups -OCH3 is 1. The second-order valence-electron chi connectivity index (χ2n) is 5.93. The van der Waals surface area contributed by atoms with Gasteiger partial charge in [0.2, 0.25) is 5.91 Å². The molecule has 6 heteroatoms. The molecule has 0 saturated heterocycles. The average molecular weight is 307 g/mol. The molecule has 0 aromatic heterocycles. The molecule has 3 N–H and O–H groups in total. The van der Waals surface area contributed by atoms with E-state index in [2.05, 4.69) is 5.32 Å². The van der Waals surface area contributed by atoms with E-state index in [9.17, 15) is 14.7 Å². The zero-order valence-electron chi connectivity index (χ0n) is 12.8. The summed E-state index contributed by atoms with van der Waals surface area (Å²) >= 11 is 0. The summed E-state index contributed by atoms with van der Waals surface area (Å²) in [7, 11) is 1.58. The quantitative estimate of drug-likeness (QED) is 0.730. The fourth-order valence-electron chi connectivity index (χ4n) is 2.58. The standard InChI is InChI=1S/C16H21NO5/c1-15(21,14(19)20)10-17-13(18)16(8-3-9-16)11-4-6-12(22-2)7-5-11/h4-7,21H,3,8-10H2,1-2H3,(H,17,18)(H,19,20). The molecule has 1 amide bonds. The van der Waals surface area contributed by atoms with Gasteiger partial charge in [0.15, 0.2) is 5.60 Å². The van der Waals surface area contributed by atoms with Gasteiger partial charge < -0.3 is 20.3 Å². The highest BCUT2D eigenvalue weighted by molar-refractivity contribution is 5.90. The summed E-state index contributed by atoms with van der Waals surface area (Å²) in [6.45, 7) is 0.843. The van der Waals surface area contributed by atoms with Gasteiger partial charge in [0.05, 0.1) is 19.1 Å². The molecule has 2 rings (SSSR count). The van der Waals surface area contributed by atoms with Crippen molar-refractivity contribution in [2.45, 2.75) is 37.2 Å². The molecule has 0 spiro atoms. The van der Waals surface area contributed by atoms with Crippen molar-refractivity contribution >= 4 is 11.9 Å². The van der Waals surface area contributed by atoms with E-state index in [0.717, 1.165) is 18.9 Å². The molecule has 120 valence electrons. The van der Waals surface area contributed by atoms with Gasteiger partial charge >= 0.3 is 5.97 Å². The maximum Gasteiger partial charge on any atom is 0.337 e. The van der Waals surface area contributed by atoms with Gasteiger partial charge in [0, 0.05) is 0 Å². The number of rotatable bonds is 6. The minimum atomic E-state index is -1.97. The van der Waals surface area contributed by atoms with E-state index in [1.54, 1.807) is 19.2 Å². The summed E-state index contributed by atoms with van der Waals surface area (Å²) in [6, 6.07) is 7.31. The minimum absolute atomic E-state index is 0.245. The van der Waals surface area contributed by atoms with Crippen molar-refractivity contribution in [1.82, 2.24) is 5.32 Å². The van der Waals surface area contributed by atoms with Crippen molar-refractivity contribution in [2.75, 3.05) is 13.7 Å². The third-order valence-corrected chi connectivity index (χ3v) is 4.34. The zero-order valence-corrected chi connectivity index (χ0v) is 12.8. The molecular weight excluding hydrogens is 286 g/mol. The van der Waals surface area contributed by atoms with Crippen LogP contribution in [0.3, 0.4) is 0 Å². The Kier molecular flexibility index (Phi) is 4.42. The SMILES string of the molecule is COc1ccc(C2(C(=O)NCC(C)(O)C(=O)O)CCC2)cc1. The van der Waals surface area contributed by atoms with Crippen LogP contribution in [0.25, 0.3) is 0 Å². The van der Waals surface area contributed by atoms with Crippen LogP contribution in [0.15, 0.2) is 24.3 Å². The van der Waals surface area contributed by atoms with Gasteiger partial charge in [-0.3, -0.25) is 4.79 Å². The normalized spacial score (nSPS) is 18.7. The molecule has 1 unspecified atom stereocenters. The van der Waals surface area contributed by atoms with Gasteiger partial charge in [-0.1, -0.05) is 18.6 Å². The second kappa shape index (κ2) is 5.96. The Morgan fingerprint density at radius 3 is 2.32 bits per heavy atom. The van der Waals surface area contributed by atoms with Gasteiger partial charge in [-0.05, 0) is 37.5 Å². The summed E-state index contributed by atoms with van der Waals surface area (Å²) in [4.78, 5) is 23.4. The highest BCUT2D eigenvalue weighted by Gasteiger charge is 2.46. The number of amides is 1. The first-order valence-electron chi connectivity index (χ1n) is 7.20. The van der Waals surface area contributed by atoms with Crippen LogP contribution in [0.1, 0.15) is 31.7 Å². The van der Waals surface area contributed by atoms with Crippen molar-refractivity contribution in [1.29, 1.82) is 0 Å². The monoisotopic (exact) mass is 307 g/mol. The number of aliphatic hydroxyl groups is 1. The number of hydrogen-bond donors (Lipinski definition) is 3. The van der Waals surface area contributed by atoms with Crippen LogP contribution in [0.5, 0.6) is 5.75 Å². The number of aliphatic carboxylic acids is 1. The summed E-state index contributed by atoms with van der Waals surface area (Å²) in [5.41, 5.74) is -1.73. The first-order chi connectivity index (χ1) is 10.3. The summed E-state index contributed by atoms with van der Waals surface area (Å²) in [5.74, 6) is -0.891. The van der Waals surface area contributed by atoms with Crippen LogP contribution in [-0.2, 0) is 15.0 Å². The van der Waals surface area contributed by atoms with E-state index in [1.807, 2.05) is 12.1 Å². The van der Waals surface area contributed by atoms with Gasteiger partial charge in [-0.2, -0.15) is 0 Å². The van der Waals surface area contributed by atoms with E-state index in [0.29, 0.717) is 18.6 Å².